The summed E-state index contributed by atoms with van der Waals surface area (Å²) in [5.41, 5.74) is 0. The van der Waals surface area contributed by atoms with Gasteiger partial charge in [-0.05, 0) is 45.4 Å². The highest BCUT2D eigenvalue weighted by Gasteiger charge is 2.49. The van der Waals surface area contributed by atoms with Crippen LogP contribution in [0.15, 0.2) is 0 Å². The Labute approximate surface area is 112 Å². The number of hydrogen-bond acceptors (Lipinski definition) is 4. The maximum absolute atomic E-state index is 6.18. The molecule has 0 radical (unpaired) electrons. The minimum Gasteiger partial charge on any atom is -0.351 e. The van der Waals surface area contributed by atoms with Gasteiger partial charge in [-0.3, -0.25) is 0 Å². The van der Waals surface area contributed by atoms with Gasteiger partial charge in [0.15, 0.2) is 0 Å². The van der Waals surface area contributed by atoms with E-state index in [1.165, 1.54) is 6.42 Å². The van der Waals surface area contributed by atoms with Crippen LogP contribution >= 0.6 is 0 Å². The predicted octanol–water partition coefficient (Wildman–Crippen LogP) is 2.98. The molecule has 0 amide bonds. The summed E-state index contributed by atoms with van der Waals surface area (Å²) in [5, 5.41) is 0. The molecule has 108 valence electrons. The number of rotatable bonds is 8. The maximum Gasteiger partial charge on any atom is 0.679 e. The SMILES string of the molecule is CCO[Si](OCC)(OCC)O[C@H]1C[C@@H](C)C[C@H]1C. The first kappa shape index (κ1) is 16.1. The van der Waals surface area contributed by atoms with Gasteiger partial charge in [-0.1, -0.05) is 13.8 Å². The Morgan fingerprint density at radius 1 is 0.889 bits per heavy atom. The van der Waals surface area contributed by atoms with E-state index >= 15 is 0 Å². The van der Waals surface area contributed by atoms with Gasteiger partial charge in [0.25, 0.3) is 0 Å². The van der Waals surface area contributed by atoms with E-state index in [9.17, 15) is 0 Å². The lowest BCUT2D eigenvalue weighted by molar-refractivity contribution is -0.0568. The summed E-state index contributed by atoms with van der Waals surface area (Å²) in [6.45, 7) is 12.0. The maximum atomic E-state index is 6.18. The van der Waals surface area contributed by atoms with Gasteiger partial charge in [0.05, 0.1) is 6.10 Å². The van der Waals surface area contributed by atoms with Crippen molar-refractivity contribution in [1.29, 1.82) is 0 Å². The Bertz CT molecular complexity index is 220. The highest BCUT2D eigenvalue weighted by molar-refractivity contribution is 6.53. The summed E-state index contributed by atoms with van der Waals surface area (Å²) < 4.78 is 23.4. The average Bonchev–Trinajstić information content (AvgIpc) is 2.58. The third-order valence-electron chi connectivity index (χ3n) is 3.30. The molecule has 0 bridgehead atoms. The Morgan fingerprint density at radius 2 is 1.39 bits per heavy atom. The normalized spacial score (nSPS) is 28.8. The van der Waals surface area contributed by atoms with Gasteiger partial charge < -0.3 is 17.7 Å². The average molecular weight is 276 g/mol. The van der Waals surface area contributed by atoms with Crippen molar-refractivity contribution >= 4 is 9.05 Å². The molecule has 1 aliphatic carbocycles. The van der Waals surface area contributed by atoms with E-state index < -0.39 is 9.05 Å². The summed E-state index contributed by atoms with van der Waals surface area (Å²) >= 11 is 0. The smallest absolute Gasteiger partial charge is 0.351 e. The molecule has 0 saturated heterocycles. The first-order chi connectivity index (χ1) is 8.56. The molecule has 0 aliphatic heterocycles. The van der Waals surface area contributed by atoms with Gasteiger partial charge in [-0.2, -0.15) is 0 Å². The van der Waals surface area contributed by atoms with Crippen molar-refractivity contribution in [2.75, 3.05) is 19.8 Å². The molecule has 0 spiro atoms. The van der Waals surface area contributed by atoms with E-state index in [1.54, 1.807) is 0 Å². The second kappa shape index (κ2) is 7.60. The molecule has 0 aromatic heterocycles. The zero-order chi connectivity index (χ0) is 13.6. The summed E-state index contributed by atoms with van der Waals surface area (Å²) in [6, 6.07) is 0. The molecule has 5 heteroatoms. The van der Waals surface area contributed by atoms with Gasteiger partial charge in [-0.15, -0.1) is 0 Å². The van der Waals surface area contributed by atoms with Crippen LogP contribution < -0.4 is 0 Å². The second-order valence-electron chi connectivity index (χ2n) is 5.01. The summed E-state index contributed by atoms with van der Waals surface area (Å²) in [4.78, 5) is 0. The molecule has 3 atom stereocenters. The second-order valence-corrected chi connectivity index (χ2v) is 7.11. The molecule has 0 aromatic rings. The highest BCUT2D eigenvalue weighted by Crippen LogP contribution is 2.34. The van der Waals surface area contributed by atoms with E-state index in [-0.39, 0.29) is 6.10 Å². The lowest BCUT2D eigenvalue weighted by Gasteiger charge is -2.31. The Kier molecular flexibility index (Phi) is 6.80. The molecule has 1 saturated carbocycles. The molecule has 1 rings (SSSR count). The van der Waals surface area contributed by atoms with Gasteiger partial charge in [0.2, 0.25) is 0 Å². The van der Waals surface area contributed by atoms with Gasteiger partial charge in [0, 0.05) is 19.8 Å². The molecule has 18 heavy (non-hydrogen) atoms. The minimum absolute atomic E-state index is 0.205. The molecular formula is C13H28O4Si. The summed E-state index contributed by atoms with van der Waals surface area (Å²) in [6.07, 6.45) is 2.49. The molecular weight excluding hydrogens is 248 g/mol. The third-order valence-corrected chi connectivity index (χ3v) is 5.82. The molecule has 4 nitrogen and oxygen atoms in total. The fourth-order valence-electron chi connectivity index (χ4n) is 2.62. The summed E-state index contributed by atoms with van der Waals surface area (Å²) in [5.74, 6) is 1.26. The monoisotopic (exact) mass is 276 g/mol. The minimum atomic E-state index is -2.93. The van der Waals surface area contributed by atoms with Gasteiger partial charge in [-0.25, -0.2) is 0 Å². The van der Waals surface area contributed by atoms with E-state index in [4.69, 9.17) is 17.7 Å². The zero-order valence-corrected chi connectivity index (χ0v) is 13.4. The Balaban J connectivity index is 2.69. The highest BCUT2D eigenvalue weighted by atomic mass is 28.4. The van der Waals surface area contributed by atoms with E-state index in [2.05, 4.69) is 13.8 Å². The third kappa shape index (κ3) is 4.31. The van der Waals surface area contributed by atoms with Gasteiger partial charge >= 0.3 is 9.05 Å². The van der Waals surface area contributed by atoms with Crippen molar-refractivity contribution < 1.29 is 17.7 Å². The first-order valence-electron chi connectivity index (χ1n) is 7.16. The van der Waals surface area contributed by atoms with E-state index in [1.807, 2.05) is 20.8 Å². The quantitative estimate of drug-likeness (QED) is 0.639. The van der Waals surface area contributed by atoms with Crippen LogP contribution in [0.5, 0.6) is 0 Å². The van der Waals surface area contributed by atoms with Crippen molar-refractivity contribution in [1.82, 2.24) is 0 Å². The van der Waals surface area contributed by atoms with Gasteiger partial charge in [0.1, 0.15) is 0 Å². The van der Waals surface area contributed by atoms with E-state index in [0.717, 1.165) is 6.42 Å². The fraction of sp³-hybridized carbons (Fsp3) is 1.00. The first-order valence-corrected chi connectivity index (χ1v) is 8.79. The molecule has 0 N–H and O–H groups in total. The van der Waals surface area contributed by atoms with Crippen molar-refractivity contribution in [2.45, 2.75) is 53.6 Å². The van der Waals surface area contributed by atoms with Crippen LogP contribution in [0, 0.1) is 11.8 Å². The molecule has 0 aromatic carbocycles. The van der Waals surface area contributed by atoms with Crippen molar-refractivity contribution in [3.05, 3.63) is 0 Å². The van der Waals surface area contributed by atoms with Crippen LogP contribution in [0.3, 0.4) is 0 Å². The van der Waals surface area contributed by atoms with Crippen LogP contribution in [0.2, 0.25) is 0 Å². The molecule has 0 unspecified atom stereocenters. The molecule has 1 fully saturated rings. The van der Waals surface area contributed by atoms with Crippen LogP contribution in [-0.2, 0) is 17.7 Å². The molecule has 0 heterocycles. The Morgan fingerprint density at radius 3 is 1.72 bits per heavy atom. The van der Waals surface area contributed by atoms with E-state index in [0.29, 0.717) is 31.7 Å². The van der Waals surface area contributed by atoms with Crippen LogP contribution in [0.4, 0.5) is 0 Å². The number of hydrogen-bond donors (Lipinski definition) is 0. The van der Waals surface area contributed by atoms with Crippen LogP contribution in [-0.4, -0.2) is 35.0 Å². The lowest BCUT2D eigenvalue weighted by atomic mass is 10.1. The zero-order valence-electron chi connectivity index (χ0n) is 12.4. The molecule has 1 aliphatic rings. The lowest BCUT2D eigenvalue weighted by Crippen LogP contribution is -2.52. The largest absolute Gasteiger partial charge is 0.679 e. The fourth-order valence-corrected chi connectivity index (χ4v) is 4.83. The summed E-state index contributed by atoms with van der Waals surface area (Å²) in [7, 11) is -2.93. The predicted molar refractivity (Wildman–Crippen MR) is 73.1 cm³/mol. The topological polar surface area (TPSA) is 36.9 Å². The van der Waals surface area contributed by atoms with Crippen LogP contribution in [0.25, 0.3) is 0 Å². The standard InChI is InChI=1S/C13H28O4Si/c1-6-14-18(15-7-2,16-8-3)17-13-10-11(4)9-12(13)5/h11-13H,6-10H2,1-5H3/t11-,12+,13-/m0/s1. The van der Waals surface area contributed by atoms with Crippen LogP contribution in [0.1, 0.15) is 47.5 Å². The Hall–Kier alpha value is 0.0569. The van der Waals surface area contributed by atoms with Crippen molar-refractivity contribution in [3.8, 4) is 0 Å². The van der Waals surface area contributed by atoms with Crippen molar-refractivity contribution in [3.63, 3.8) is 0 Å². The van der Waals surface area contributed by atoms with Crippen molar-refractivity contribution in [2.24, 2.45) is 11.8 Å².